The molecule has 0 fully saturated rings. The first kappa shape index (κ1) is 11.7. The van der Waals surface area contributed by atoms with Crippen LogP contribution in [-0.4, -0.2) is 24.2 Å². The number of amides is 1. The molecule has 0 saturated heterocycles. The first-order valence-corrected chi connectivity index (χ1v) is 4.85. The Kier molecular flexibility index (Phi) is 4.77. The minimum Gasteiger partial charge on any atom is -0.396 e. The van der Waals surface area contributed by atoms with E-state index < -0.39 is 0 Å². The van der Waals surface area contributed by atoms with Crippen molar-refractivity contribution in [3.63, 3.8) is 0 Å². The highest BCUT2D eigenvalue weighted by Gasteiger charge is 2.06. The number of aliphatic hydroxyl groups is 1. The summed E-state index contributed by atoms with van der Waals surface area (Å²) in [5, 5.41) is 11.1. The van der Waals surface area contributed by atoms with Crippen molar-refractivity contribution in [1.29, 1.82) is 0 Å². The van der Waals surface area contributed by atoms with Crippen LogP contribution in [0.25, 0.3) is 0 Å². The second kappa shape index (κ2) is 6.14. The predicted octanol–water partition coefficient (Wildman–Crippen LogP) is 0.867. The minimum atomic E-state index is -0.366. The van der Waals surface area contributed by atoms with E-state index in [0.29, 0.717) is 18.5 Å². The molecule has 3 nitrogen and oxygen atoms in total. The van der Waals surface area contributed by atoms with Crippen molar-refractivity contribution in [2.45, 2.75) is 12.8 Å². The van der Waals surface area contributed by atoms with Crippen molar-refractivity contribution >= 4 is 5.91 Å². The van der Waals surface area contributed by atoms with Crippen LogP contribution in [0.15, 0.2) is 24.3 Å². The quantitative estimate of drug-likeness (QED) is 0.710. The summed E-state index contributed by atoms with van der Waals surface area (Å²) in [5.41, 5.74) is 0.388. The number of nitrogens with one attached hydrogen (secondary N) is 1. The van der Waals surface area contributed by atoms with Gasteiger partial charge in [0.1, 0.15) is 5.82 Å². The van der Waals surface area contributed by atoms with Gasteiger partial charge in [-0.3, -0.25) is 4.79 Å². The Morgan fingerprint density at radius 1 is 1.40 bits per heavy atom. The van der Waals surface area contributed by atoms with Crippen molar-refractivity contribution in [3.05, 3.63) is 35.6 Å². The minimum absolute atomic E-state index is 0.0398. The zero-order chi connectivity index (χ0) is 11.1. The van der Waals surface area contributed by atoms with Crippen molar-refractivity contribution < 1.29 is 14.3 Å². The molecule has 15 heavy (non-hydrogen) atoms. The topological polar surface area (TPSA) is 49.3 Å². The number of carbonyl (C=O) groups excluding carboxylic acids is 1. The average molecular weight is 211 g/mol. The van der Waals surface area contributed by atoms with E-state index in [2.05, 4.69) is 5.32 Å². The standard InChI is InChI=1S/C11H14FNO2/c12-10-5-2-1-4-9(10)8-11(15)13-6-3-7-14/h1-2,4-5,14H,3,6-8H2,(H,13,15). The summed E-state index contributed by atoms with van der Waals surface area (Å²) in [6.45, 7) is 0.462. The van der Waals surface area contributed by atoms with Gasteiger partial charge in [0.05, 0.1) is 6.42 Å². The van der Waals surface area contributed by atoms with E-state index in [1.807, 2.05) is 0 Å². The molecule has 4 heteroatoms. The number of hydrogen-bond acceptors (Lipinski definition) is 2. The Balaban J connectivity index is 2.41. The molecule has 1 aromatic rings. The number of hydrogen-bond donors (Lipinski definition) is 2. The molecule has 0 aromatic heterocycles. The van der Waals surface area contributed by atoms with Gasteiger partial charge in [-0.1, -0.05) is 18.2 Å². The van der Waals surface area contributed by atoms with Gasteiger partial charge >= 0.3 is 0 Å². The average Bonchev–Trinajstić information content (AvgIpc) is 2.22. The van der Waals surface area contributed by atoms with Crippen LogP contribution in [0.4, 0.5) is 4.39 Å². The third-order valence-electron chi connectivity index (χ3n) is 1.97. The fourth-order valence-corrected chi connectivity index (χ4v) is 1.18. The van der Waals surface area contributed by atoms with E-state index in [0.717, 1.165) is 0 Å². The summed E-state index contributed by atoms with van der Waals surface area (Å²) in [6, 6.07) is 6.19. The van der Waals surface area contributed by atoms with Gasteiger partial charge in [-0.05, 0) is 18.1 Å². The van der Waals surface area contributed by atoms with Crippen molar-refractivity contribution in [3.8, 4) is 0 Å². The second-order valence-electron chi connectivity index (χ2n) is 3.20. The predicted molar refractivity (Wildman–Crippen MR) is 54.8 cm³/mol. The zero-order valence-electron chi connectivity index (χ0n) is 8.37. The van der Waals surface area contributed by atoms with E-state index in [4.69, 9.17) is 5.11 Å². The molecular weight excluding hydrogens is 197 g/mol. The van der Waals surface area contributed by atoms with E-state index in [9.17, 15) is 9.18 Å². The summed E-state index contributed by atoms with van der Waals surface area (Å²) in [5.74, 6) is -0.594. The first-order chi connectivity index (χ1) is 7.24. The Labute approximate surface area is 87.9 Å². The van der Waals surface area contributed by atoms with Crippen LogP contribution in [0.1, 0.15) is 12.0 Å². The molecular formula is C11H14FNO2. The van der Waals surface area contributed by atoms with Gasteiger partial charge in [0.25, 0.3) is 0 Å². The number of aliphatic hydroxyl groups excluding tert-OH is 1. The van der Waals surface area contributed by atoms with Crippen LogP contribution in [0.5, 0.6) is 0 Å². The van der Waals surface area contributed by atoms with Gasteiger partial charge in [0, 0.05) is 13.2 Å². The molecule has 0 aliphatic heterocycles. The highest BCUT2D eigenvalue weighted by molar-refractivity contribution is 5.78. The van der Waals surface area contributed by atoms with Gasteiger partial charge in [-0.25, -0.2) is 4.39 Å². The molecule has 0 aliphatic carbocycles. The van der Waals surface area contributed by atoms with E-state index in [1.54, 1.807) is 18.2 Å². The highest BCUT2D eigenvalue weighted by atomic mass is 19.1. The third kappa shape index (κ3) is 4.08. The summed E-state index contributed by atoms with van der Waals surface area (Å²) in [7, 11) is 0. The van der Waals surface area contributed by atoms with E-state index in [-0.39, 0.29) is 24.8 Å². The van der Waals surface area contributed by atoms with Crippen LogP contribution in [0.2, 0.25) is 0 Å². The number of rotatable bonds is 5. The van der Waals surface area contributed by atoms with Crippen molar-refractivity contribution in [1.82, 2.24) is 5.32 Å². The van der Waals surface area contributed by atoms with Gasteiger partial charge in [0.2, 0.25) is 5.91 Å². The SMILES string of the molecule is O=C(Cc1ccccc1F)NCCCO. The van der Waals surface area contributed by atoms with E-state index in [1.165, 1.54) is 6.07 Å². The molecule has 0 saturated carbocycles. The normalized spacial score (nSPS) is 10.0. The highest BCUT2D eigenvalue weighted by Crippen LogP contribution is 2.06. The molecule has 1 rings (SSSR count). The fourth-order valence-electron chi connectivity index (χ4n) is 1.18. The maximum atomic E-state index is 13.1. The molecule has 82 valence electrons. The summed E-state index contributed by atoms with van der Waals surface area (Å²) in [4.78, 5) is 11.3. The Bertz CT molecular complexity index is 328. The van der Waals surface area contributed by atoms with Crippen molar-refractivity contribution in [2.24, 2.45) is 0 Å². The Morgan fingerprint density at radius 3 is 2.80 bits per heavy atom. The lowest BCUT2D eigenvalue weighted by Gasteiger charge is -2.04. The van der Waals surface area contributed by atoms with Crippen LogP contribution >= 0.6 is 0 Å². The molecule has 0 spiro atoms. The lowest BCUT2D eigenvalue weighted by Crippen LogP contribution is -2.26. The Morgan fingerprint density at radius 2 is 2.13 bits per heavy atom. The number of benzene rings is 1. The first-order valence-electron chi connectivity index (χ1n) is 4.85. The third-order valence-corrected chi connectivity index (χ3v) is 1.97. The van der Waals surface area contributed by atoms with Gasteiger partial charge in [-0.2, -0.15) is 0 Å². The molecule has 0 unspecified atom stereocenters. The molecule has 0 bridgehead atoms. The summed E-state index contributed by atoms with van der Waals surface area (Å²) >= 11 is 0. The van der Waals surface area contributed by atoms with Gasteiger partial charge in [0.15, 0.2) is 0 Å². The maximum absolute atomic E-state index is 13.1. The van der Waals surface area contributed by atoms with Crippen LogP contribution < -0.4 is 5.32 Å². The van der Waals surface area contributed by atoms with E-state index >= 15 is 0 Å². The molecule has 0 atom stereocenters. The molecule has 2 N–H and O–H groups in total. The Hall–Kier alpha value is -1.42. The van der Waals surface area contributed by atoms with Gasteiger partial charge in [-0.15, -0.1) is 0 Å². The number of carbonyl (C=O) groups is 1. The summed E-state index contributed by atoms with van der Waals surface area (Å²) in [6.07, 6.45) is 0.557. The molecule has 1 aromatic carbocycles. The molecule has 1 amide bonds. The van der Waals surface area contributed by atoms with Gasteiger partial charge < -0.3 is 10.4 Å². The molecule has 0 aliphatic rings. The largest absolute Gasteiger partial charge is 0.396 e. The second-order valence-corrected chi connectivity index (χ2v) is 3.20. The molecule has 0 heterocycles. The monoisotopic (exact) mass is 211 g/mol. The van der Waals surface area contributed by atoms with Crippen LogP contribution in [-0.2, 0) is 11.2 Å². The van der Waals surface area contributed by atoms with Crippen molar-refractivity contribution in [2.75, 3.05) is 13.2 Å². The lowest BCUT2D eigenvalue weighted by atomic mass is 10.1. The lowest BCUT2D eigenvalue weighted by molar-refractivity contribution is -0.120. The maximum Gasteiger partial charge on any atom is 0.224 e. The van der Waals surface area contributed by atoms with Crippen LogP contribution in [0, 0.1) is 5.82 Å². The zero-order valence-corrected chi connectivity index (χ0v) is 8.37. The molecule has 0 radical (unpaired) electrons. The number of halogens is 1. The summed E-state index contributed by atoms with van der Waals surface area (Å²) < 4.78 is 13.1. The fraction of sp³-hybridized carbons (Fsp3) is 0.364. The van der Waals surface area contributed by atoms with Crippen LogP contribution in [0.3, 0.4) is 0 Å². The smallest absolute Gasteiger partial charge is 0.224 e.